The number of fused-ring (bicyclic) bond motifs is 2. The molecule has 2 atom stereocenters. The minimum atomic E-state index is -0.344. The molecule has 5 aromatic rings. The summed E-state index contributed by atoms with van der Waals surface area (Å²) in [6, 6.07) is 43.6. The maximum Gasteiger partial charge on any atom is 0.258 e. The third-order valence-corrected chi connectivity index (χ3v) is 8.00. The predicted molar refractivity (Wildman–Crippen MR) is 165 cm³/mol. The Kier molecular flexibility index (Phi) is 6.64. The molecule has 2 unspecified atom stereocenters. The van der Waals surface area contributed by atoms with Gasteiger partial charge in [0, 0.05) is 24.5 Å². The summed E-state index contributed by atoms with van der Waals surface area (Å²) < 4.78 is 0. The normalized spacial score (nSPS) is 17.6. The zero-order valence-electron chi connectivity index (χ0n) is 23.0. The molecular weight excluding hydrogens is 520 g/mol. The Morgan fingerprint density at radius 1 is 0.452 bits per heavy atom. The van der Waals surface area contributed by atoms with Gasteiger partial charge in [-0.2, -0.15) is 0 Å². The Balaban J connectivity index is 1.22. The highest BCUT2D eigenvalue weighted by Gasteiger charge is 2.35. The van der Waals surface area contributed by atoms with Crippen LogP contribution in [0.1, 0.15) is 55.3 Å². The second-order valence-corrected chi connectivity index (χ2v) is 10.7. The number of nitrogens with zero attached hydrogens (tertiary/aromatic N) is 2. The van der Waals surface area contributed by atoms with Gasteiger partial charge in [-0.05, 0) is 46.5 Å². The van der Waals surface area contributed by atoms with Crippen molar-refractivity contribution in [2.45, 2.75) is 25.4 Å². The quantitative estimate of drug-likeness (QED) is 0.234. The largest absolute Gasteiger partial charge is 0.361 e. The highest BCUT2D eigenvalue weighted by molar-refractivity contribution is 6.02. The first-order chi connectivity index (χ1) is 20.7. The lowest BCUT2D eigenvalue weighted by molar-refractivity contribution is 0.0656. The summed E-state index contributed by atoms with van der Waals surface area (Å²) in [7, 11) is 0. The molecule has 2 heterocycles. The van der Waals surface area contributed by atoms with Crippen LogP contribution in [0.25, 0.3) is 0 Å². The molecule has 6 heteroatoms. The maximum absolute atomic E-state index is 13.7. The molecule has 0 fully saturated rings. The van der Waals surface area contributed by atoms with Crippen molar-refractivity contribution in [3.05, 3.63) is 167 Å². The van der Waals surface area contributed by atoms with Crippen molar-refractivity contribution in [3.8, 4) is 0 Å². The van der Waals surface area contributed by atoms with E-state index in [0.29, 0.717) is 24.2 Å². The molecule has 0 saturated carbocycles. The highest BCUT2D eigenvalue weighted by atomic mass is 16.2. The van der Waals surface area contributed by atoms with Gasteiger partial charge in [-0.1, -0.05) is 109 Å². The van der Waals surface area contributed by atoms with Crippen LogP contribution < -0.4 is 10.6 Å². The fraction of sp³-hybridized carbons (Fsp3) is 0.111. The van der Waals surface area contributed by atoms with Crippen molar-refractivity contribution in [1.29, 1.82) is 0 Å². The molecule has 7 rings (SSSR count). The van der Waals surface area contributed by atoms with Crippen LogP contribution in [0.3, 0.4) is 0 Å². The van der Waals surface area contributed by atoms with Crippen molar-refractivity contribution >= 4 is 23.2 Å². The van der Waals surface area contributed by atoms with E-state index in [4.69, 9.17) is 0 Å². The number of nitrogens with one attached hydrogen (secondary N) is 2. The second-order valence-electron chi connectivity index (χ2n) is 10.7. The number of hydrogen-bond acceptors (Lipinski definition) is 4. The molecule has 0 radical (unpaired) electrons. The van der Waals surface area contributed by atoms with Crippen LogP contribution in [0.2, 0.25) is 0 Å². The fourth-order valence-electron chi connectivity index (χ4n) is 5.86. The Morgan fingerprint density at radius 2 is 0.810 bits per heavy atom. The molecule has 2 amide bonds. The number of benzene rings is 5. The standard InChI is InChI=1S/C36H30N4O2/c41-35-29-15-7-9-17-31(29)37-33(39(35)23-25-11-3-1-4-12-25)27-19-21-28(22-20-27)34-38-32-18-10-8-16-30(32)36(42)40(34)24-26-13-5-2-6-14-26/h1-22,33-34,37-38H,23-24H2. The highest BCUT2D eigenvalue weighted by Crippen LogP contribution is 2.37. The summed E-state index contributed by atoms with van der Waals surface area (Å²) in [5.74, 6) is -0.0140. The Labute approximate surface area is 245 Å². The number of anilines is 2. The molecule has 2 N–H and O–H groups in total. The minimum absolute atomic E-state index is 0.00698. The van der Waals surface area contributed by atoms with Gasteiger partial charge in [0.15, 0.2) is 0 Å². The van der Waals surface area contributed by atoms with E-state index in [9.17, 15) is 9.59 Å². The molecular formula is C36H30N4O2. The van der Waals surface area contributed by atoms with Gasteiger partial charge < -0.3 is 20.4 Å². The molecule has 6 nitrogen and oxygen atoms in total. The molecule has 2 aliphatic rings. The first kappa shape index (κ1) is 25.6. The van der Waals surface area contributed by atoms with Gasteiger partial charge >= 0.3 is 0 Å². The van der Waals surface area contributed by atoms with Gasteiger partial charge in [-0.3, -0.25) is 9.59 Å². The Bertz CT molecular complexity index is 1610. The van der Waals surface area contributed by atoms with Crippen LogP contribution in [-0.4, -0.2) is 21.6 Å². The van der Waals surface area contributed by atoms with Crippen molar-refractivity contribution in [1.82, 2.24) is 9.80 Å². The molecule has 0 aromatic heterocycles. The number of amides is 2. The summed E-state index contributed by atoms with van der Waals surface area (Å²) in [6.07, 6.45) is -0.687. The first-order valence-electron chi connectivity index (χ1n) is 14.2. The molecule has 0 saturated heterocycles. The third-order valence-electron chi connectivity index (χ3n) is 8.00. The molecule has 2 aliphatic heterocycles. The number of hydrogen-bond donors (Lipinski definition) is 2. The lowest BCUT2D eigenvalue weighted by Crippen LogP contribution is -2.43. The number of para-hydroxylation sites is 2. The third kappa shape index (κ3) is 4.77. The molecule has 0 aliphatic carbocycles. The zero-order valence-corrected chi connectivity index (χ0v) is 23.0. The number of carbonyl (C=O) groups is 2. The van der Waals surface area contributed by atoms with E-state index in [-0.39, 0.29) is 24.1 Å². The summed E-state index contributed by atoms with van der Waals surface area (Å²) >= 11 is 0. The lowest BCUT2D eigenvalue weighted by Gasteiger charge is -2.39. The average molecular weight is 551 g/mol. The van der Waals surface area contributed by atoms with Crippen LogP contribution in [0.4, 0.5) is 11.4 Å². The van der Waals surface area contributed by atoms with E-state index in [1.54, 1.807) is 0 Å². The van der Waals surface area contributed by atoms with Crippen LogP contribution in [-0.2, 0) is 13.1 Å². The van der Waals surface area contributed by atoms with E-state index < -0.39 is 0 Å². The fourth-order valence-corrected chi connectivity index (χ4v) is 5.86. The number of carbonyl (C=O) groups excluding carboxylic acids is 2. The molecule has 0 bridgehead atoms. The summed E-state index contributed by atoms with van der Waals surface area (Å²) in [4.78, 5) is 31.2. The van der Waals surface area contributed by atoms with Crippen LogP contribution in [0.15, 0.2) is 133 Å². The zero-order chi connectivity index (χ0) is 28.5. The molecule has 206 valence electrons. The second kappa shape index (κ2) is 10.9. The average Bonchev–Trinajstić information content (AvgIpc) is 3.05. The smallest absolute Gasteiger partial charge is 0.258 e. The number of rotatable bonds is 6. The van der Waals surface area contributed by atoms with Crippen LogP contribution in [0.5, 0.6) is 0 Å². The van der Waals surface area contributed by atoms with E-state index in [1.807, 2.05) is 119 Å². The van der Waals surface area contributed by atoms with E-state index in [1.165, 1.54) is 0 Å². The molecule has 42 heavy (non-hydrogen) atoms. The monoisotopic (exact) mass is 550 g/mol. The van der Waals surface area contributed by atoms with Gasteiger partial charge in [-0.15, -0.1) is 0 Å². The van der Waals surface area contributed by atoms with E-state index >= 15 is 0 Å². The van der Waals surface area contributed by atoms with Crippen molar-refractivity contribution in [2.24, 2.45) is 0 Å². The Hall–Kier alpha value is -5.36. The Morgan fingerprint density at radius 3 is 1.21 bits per heavy atom. The van der Waals surface area contributed by atoms with Crippen molar-refractivity contribution < 1.29 is 9.59 Å². The SMILES string of the molecule is O=C1c2ccccc2NC(c2ccc(C3Nc4ccccc4C(=O)N3Cc3ccccc3)cc2)N1Cc1ccccc1. The van der Waals surface area contributed by atoms with E-state index in [2.05, 4.69) is 34.9 Å². The van der Waals surface area contributed by atoms with Gasteiger partial charge in [0.1, 0.15) is 12.3 Å². The van der Waals surface area contributed by atoms with Gasteiger partial charge in [0.05, 0.1) is 11.1 Å². The van der Waals surface area contributed by atoms with Crippen molar-refractivity contribution in [2.75, 3.05) is 10.6 Å². The first-order valence-corrected chi connectivity index (χ1v) is 14.2. The summed E-state index contributed by atoms with van der Waals surface area (Å²) in [6.45, 7) is 0.960. The van der Waals surface area contributed by atoms with Gasteiger partial charge in [0.25, 0.3) is 11.8 Å². The summed E-state index contributed by atoms with van der Waals surface area (Å²) in [5, 5.41) is 7.20. The lowest BCUT2D eigenvalue weighted by atomic mass is 9.99. The van der Waals surface area contributed by atoms with E-state index in [0.717, 1.165) is 33.6 Å². The maximum atomic E-state index is 13.7. The van der Waals surface area contributed by atoms with Gasteiger partial charge in [0.2, 0.25) is 0 Å². The molecule has 5 aromatic carbocycles. The van der Waals surface area contributed by atoms with Crippen LogP contribution >= 0.6 is 0 Å². The van der Waals surface area contributed by atoms with Crippen LogP contribution in [0, 0.1) is 0 Å². The molecule has 0 spiro atoms. The summed E-state index contributed by atoms with van der Waals surface area (Å²) in [5.41, 5.74) is 7.05. The van der Waals surface area contributed by atoms with Gasteiger partial charge in [-0.25, -0.2) is 0 Å². The predicted octanol–water partition coefficient (Wildman–Crippen LogP) is 7.22. The van der Waals surface area contributed by atoms with Crippen molar-refractivity contribution in [3.63, 3.8) is 0 Å². The minimum Gasteiger partial charge on any atom is -0.361 e. The topological polar surface area (TPSA) is 64.7 Å².